The van der Waals surface area contributed by atoms with Crippen LogP contribution in [-0.4, -0.2) is 22.4 Å². The average molecular weight is 284 g/mol. The third kappa shape index (κ3) is 4.87. The molecule has 2 rings (SSSR count). The van der Waals surface area contributed by atoms with E-state index in [4.69, 9.17) is 0 Å². The quantitative estimate of drug-likeness (QED) is 0.855. The molecule has 5 heteroatoms. The van der Waals surface area contributed by atoms with Crippen molar-refractivity contribution in [2.45, 2.75) is 20.4 Å². The minimum atomic E-state index is -0.140. The smallest absolute Gasteiger partial charge is 0.254 e. The van der Waals surface area contributed by atoms with Crippen molar-refractivity contribution in [1.82, 2.24) is 15.3 Å². The van der Waals surface area contributed by atoms with Gasteiger partial charge in [0.2, 0.25) is 5.95 Å². The van der Waals surface area contributed by atoms with E-state index in [1.807, 2.05) is 44.2 Å². The van der Waals surface area contributed by atoms with Gasteiger partial charge >= 0.3 is 0 Å². The van der Waals surface area contributed by atoms with Crippen LogP contribution in [0.15, 0.2) is 42.7 Å². The van der Waals surface area contributed by atoms with Crippen molar-refractivity contribution >= 4 is 11.9 Å². The van der Waals surface area contributed by atoms with Gasteiger partial charge in [-0.15, -0.1) is 0 Å². The zero-order chi connectivity index (χ0) is 15.1. The summed E-state index contributed by atoms with van der Waals surface area (Å²) < 4.78 is 0. The summed E-state index contributed by atoms with van der Waals surface area (Å²) in [5, 5.41) is 5.96. The highest BCUT2D eigenvalue weighted by Crippen LogP contribution is 2.04. The summed E-state index contributed by atoms with van der Waals surface area (Å²) in [5.74, 6) is 0.791. The molecule has 1 aromatic carbocycles. The maximum atomic E-state index is 11.8. The Morgan fingerprint density at radius 2 is 1.81 bits per heavy atom. The van der Waals surface area contributed by atoms with Crippen molar-refractivity contribution in [3.8, 4) is 0 Å². The van der Waals surface area contributed by atoms with E-state index in [1.165, 1.54) is 12.4 Å². The Balaban J connectivity index is 1.88. The molecule has 0 saturated heterocycles. The van der Waals surface area contributed by atoms with Gasteiger partial charge < -0.3 is 10.6 Å². The molecule has 1 aromatic heterocycles. The van der Waals surface area contributed by atoms with Crippen LogP contribution in [0.25, 0.3) is 0 Å². The molecule has 0 aliphatic carbocycles. The molecule has 0 aliphatic rings. The van der Waals surface area contributed by atoms with E-state index in [2.05, 4.69) is 20.6 Å². The number of nitrogens with zero attached hydrogens (tertiary/aromatic N) is 2. The van der Waals surface area contributed by atoms with Crippen LogP contribution in [0.4, 0.5) is 5.95 Å². The van der Waals surface area contributed by atoms with Crippen LogP contribution in [0.2, 0.25) is 0 Å². The minimum Gasteiger partial charge on any atom is -0.352 e. The van der Waals surface area contributed by atoms with Gasteiger partial charge in [0.25, 0.3) is 5.91 Å². The second-order valence-electron chi connectivity index (χ2n) is 5.24. The van der Waals surface area contributed by atoms with E-state index in [1.54, 1.807) is 0 Å². The van der Waals surface area contributed by atoms with Crippen LogP contribution < -0.4 is 10.6 Å². The lowest BCUT2D eigenvalue weighted by atomic mass is 10.2. The largest absolute Gasteiger partial charge is 0.352 e. The number of anilines is 1. The summed E-state index contributed by atoms with van der Waals surface area (Å²) in [6, 6.07) is 10.0. The first kappa shape index (κ1) is 15.0. The van der Waals surface area contributed by atoms with E-state index in [0.29, 0.717) is 30.5 Å². The average Bonchev–Trinajstić information content (AvgIpc) is 2.52. The fourth-order valence-electron chi connectivity index (χ4n) is 1.71. The third-order valence-corrected chi connectivity index (χ3v) is 2.88. The van der Waals surface area contributed by atoms with Crippen molar-refractivity contribution in [1.29, 1.82) is 0 Å². The van der Waals surface area contributed by atoms with E-state index in [-0.39, 0.29) is 5.91 Å². The zero-order valence-corrected chi connectivity index (χ0v) is 12.3. The molecule has 1 heterocycles. The SMILES string of the molecule is CC(C)CNC(=O)c1cnc(NCc2ccccc2)nc1. The molecule has 2 aromatic rings. The topological polar surface area (TPSA) is 66.9 Å². The second-order valence-corrected chi connectivity index (χ2v) is 5.24. The molecule has 21 heavy (non-hydrogen) atoms. The van der Waals surface area contributed by atoms with E-state index < -0.39 is 0 Å². The molecule has 0 bridgehead atoms. The lowest BCUT2D eigenvalue weighted by Crippen LogP contribution is -2.27. The number of benzene rings is 1. The lowest BCUT2D eigenvalue weighted by molar-refractivity contribution is 0.0948. The maximum absolute atomic E-state index is 11.8. The molecule has 0 fully saturated rings. The highest BCUT2D eigenvalue weighted by atomic mass is 16.1. The predicted octanol–water partition coefficient (Wildman–Crippen LogP) is 2.47. The lowest BCUT2D eigenvalue weighted by Gasteiger charge is -2.08. The number of hydrogen-bond acceptors (Lipinski definition) is 4. The Morgan fingerprint density at radius 3 is 2.43 bits per heavy atom. The van der Waals surface area contributed by atoms with Crippen LogP contribution in [0.3, 0.4) is 0 Å². The molecule has 0 aliphatic heterocycles. The highest BCUT2D eigenvalue weighted by Gasteiger charge is 2.07. The van der Waals surface area contributed by atoms with Crippen LogP contribution in [0.5, 0.6) is 0 Å². The molecule has 1 amide bonds. The Hall–Kier alpha value is -2.43. The fraction of sp³-hybridized carbons (Fsp3) is 0.312. The molecular weight excluding hydrogens is 264 g/mol. The number of nitrogens with one attached hydrogen (secondary N) is 2. The van der Waals surface area contributed by atoms with Crippen molar-refractivity contribution in [3.05, 3.63) is 53.9 Å². The fourth-order valence-corrected chi connectivity index (χ4v) is 1.71. The first-order valence-corrected chi connectivity index (χ1v) is 7.03. The van der Waals surface area contributed by atoms with Gasteiger partial charge in [0.15, 0.2) is 0 Å². The van der Waals surface area contributed by atoms with Gasteiger partial charge in [0, 0.05) is 25.5 Å². The number of carbonyl (C=O) groups is 1. The van der Waals surface area contributed by atoms with Gasteiger partial charge in [-0.05, 0) is 11.5 Å². The molecule has 0 radical (unpaired) electrons. The van der Waals surface area contributed by atoms with Crippen molar-refractivity contribution in [2.24, 2.45) is 5.92 Å². The van der Waals surface area contributed by atoms with E-state index >= 15 is 0 Å². The summed E-state index contributed by atoms with van der Waals surface area (Å²) in [4.78, 5) is 20.1. The van der Waals surface area contributed by atoms with Crippen LogP contribution >= 0.6 is 0 Å². The van der Waals surface area contributed by atoms with Gasteiger partial charge in [-0.2, -0.15) is 0 Å². The number of amides is 1. The van der Waals surface area contributed by atoms with Gasteiger partial charge in [-0.1, -0.05) is 44.2 Å². The monoisotopic (exact) mass is 284 g/mol. The van der Waals surface area contributed by atoms with Crippen molar-refractivity contribution in [2.75, 3.05) is 11.9 Å². The Morgan fingerprint density at radius 1 is 1.14 bits per heavy atom. The highest BCUT2D eigenvalue weighted by molar-refractivity contribution is 5.93. The molecule has 0 spiro atoms. The first-order valence-electron chi connectivity index (χ1n) is 7.03. The van der Waals surface area contributed by atoms with Gasteiger partial charge in [0.1, 0.15) is 0 Å². The van der Waals surface area contributed by atoms with E-state index in [9.17, 15) is 4.79 Å². The maximum Gasteiger partial charge on any atom is 0.254 e. The van der Waals surface area contributed by atoms with Crippen LogP contribution in [-0.2, 0) is 6.54 Å². The second kappa shape index (κ2) is 7.38. The van der Waals surface area contributed by atoms with E-state index in [0.717, 1.165) is 5.56 Å². The Bertz CT molecular complexity index is 567. The number of carbonyl (C=O) groups excluding carboxylic acids is 1. The number of hydrogen-bond donors (Lipinski definition) is 2. The molecular formula is C16H20N4O. The molecule has 2 N–H and O–H groups in total. The summed E-state index contributed by atoms with van der Waals surface area (Å²) in [6.45, 7) is 5.40. The molecule has 0 unspecified atom stereocenters. The van der Waals surface area contributed by atoms with Gasteiger partial charge in [-0.25, -0.2) is 9.97 Å². The summed E-state index contributed by atoms with van der Waals surface area (Å²) >= 11 is 0. The Kier molecular flexibility index (Phi) is 5.26. The molecule has 0 atom stereocenters. The number of aromatic nitrogens is 2. The van der Waals surface area contributed by atoms with Crippen molar-refractivity contribution < 1.29 is 4.79 Å². The summed E-state index contributed by atoms with van der Waals surface area (Å²) in [6.07, 6.45) is 3.08. The van der Waals surface area contributed by atoms with Crippen molar-refractivity contribution in [3.63, 3.8) is 0 Å². The standard InChI is InChI=1S/C16H20N4O/c1-12(2)8-17-15(21)14-10-19-16(20-11-14)18-9-13-6-4-3-5-7-13/h3-7,10-12H,8-9H2,1-2H3,(H,17,21)(H,18,19,20). The molecule has 0 saturated carbocycles. The van der Waals surface area contributed by atoms with Crippen LogP contribution in [0.1, 0.15) is 29.8 Å². The third-order valence-electron chi connectivity index (χ3n) is 2.88. The summed E-state index contributed by atoms with van der Waals surface area (Å²) in [5.41, 5.74) is 1.63. The normalized spacial score (nSPS) is 10.4. The van der Waals surface area contributed by atoms with Gasteiger partial charge in [-0.3, -0.25) is 4.79 Å². The minimum absolute atomic E-state index is 0.140. The predicted molar refractivity (Wildman–Crippen MR) is 83.0 cm³/mol. The zero-order valence-electron chi connectivity index (χ0n) is 12.3. The Labute approximate surface area is 124 Å². The number of rotatable bonds is 6. The summed E-state index contributed by atoms with van der Waals surface area (Å²) in [7, 11) is 0. The van der Waals surface area contributed by atoms with Crippen LogP contribution in [0, 0.1) is 5.92 Å². The first-order chi connectivity index (χ1) is 10.1. The van der Waals surface area contributed by atoms with Gasteiger partial charge in [0.05, 0.1) is 5.56 Å². The molecule has 110 valence electrons. The molecule has 5 nitrogen and oxygen atoms in total.